The van der Waals surface area contributed by atoms with Gasteiger partial charge in [0.2, 0.25) is 0 Å². The van der Waals surface area contributed by atoms with Crippen molar-refractivity contribution >= 4 is 20.9 Å². The SMILES string of the molecule is CS(=O)(=O)c1cc(-c2nc3cc(F)c(F)cc3n2C2CC2)cnn1. The number of benzene rings is 1. The van der Waals surface area contributed by atoms with Gasteiger partial charge in [0.25, 0.3) is 0 Å². The molecular formula is C15H12F2N4O2S. The molecule has 0 spiro atoms. The zero-order valence-electron chi connectivity index (χ0n) is 12.6. The van der Waals surface area contributed by atoms with Crippen LogP contribution in [0.25, 0.3) is 22.4 Å². The zero-order chi connectivity index (χ0) is 17.1. The Labute approximate surface area is 136 Å². The van der Waals surface area contributed by atoms with Gasteiger partial charge in [0.05, 0.1) is 17.2 Å². The van der Waals surface area contributed by atoms with Crippen LogP contribution in [-0.2, 0) is 9.84 Å². The number of sulfone groups is 1. The molecule has 0 amide bonds. The van der Waals surface area contributed by atoms with Gasteiger partial charge in [-0.05, 0) is 18.9 Å². The highest BCUT2D eigenvalue weighted by Crippen LogP contribution is 2.41. The third-order valence-corrected chi connectivity index (χ3v) is 4.87. The van der Waals surface area contributed by atoms with Crippen molar-refractivity contribution in [2.45, 2.75) is 23.9 Å². The predicted octanol–water partition coefficient (Wildman–Crippen LogP) is 2.51. The number of hydrogen-bond donors (Lipinski definition) is 0. The van der Waals surface area contributed by atoms with Crippen LogP contribution in [0, 0.1) is 11.6 Å². The Bertz CT molecular complexity index is 1070. The van der Waals surface area contributed by atoms with E-state index < -0.39 is 21.5 Å². The maximum Gasteiger partial charge on any atom is 0.194 e. The molecule has 2 heterocycles. The van der Waals surface area contributed by atoms with Crippen molar-refractivity contribution in [3.63, 3.8) is 0 Å². The molecule has 0 radical (unpaired) electrons. The molecule has 124 valence electrons. The lowest BCUT2D eigenvalue weighted by atomic mass is 10.3. The molecule has 0 unspecified atom stereocenters. The van der Waals surface area contributed by atoms with E-state index in [2.05, 4.69) is 15.2 Å². The van der Waals surface area contributed by atoms with Gasteiger partial charge < -0.3 is 4.57 Å². The summed E-state index contributed by atoms with van der Waals surface area (Å²) in [6.45, 7) is 0. The minimum atomic E-state index is -3.52. The summed E-state index contributed by atoms with van der Waals surface area (Å²) in [6.07, 6.45) is 4.22. The maximum absolute atomic E-state index is 13.6. The lowest BCUT2D eigenvalue weighted by Gasteiger charge is -2.08. The fraction of sp³-hybridized carbons (Fsp3) is 0.267. The number of imidazole rings is 1. The molecule has 2 aromatic heterocycles. The van der Waals surface area contributed by atoms with Crippen LogP contribution < -0.4 is 0 Å². The molecule has 9 heteroatoms. The van der Waals surface area contributed by atoms with E-state index in [0.717, 1.165) is 31.2 Å². The molecular weight excluding hydrogens is 338 g/mol. The van der Waals surface area contributed by atoms with Crippen LogP contribution in [-0.4, -0.2) is 34.4 Å². The summed E-state index contributed by atoms with van der Waals surface area (Å²) in [6, 6.07) is 3.66. The zero-order valence-corrected chi connectivity index (χ0v) is 13.4. The lowest BCUT2D eigenvalue weighted by Crippen LogP contribution is -2.04. The molecule has 3 aromatic rings. The van der Waals surface area contributed by atoms with E-state index in [0.29, 0.717) is 22.4 Å². The second-order valence-electron chi connectivity index (χ2n) is 5.85. The first-order chi connectivity index (χ1) is 11.3. The standard InChI is InChI=1S/C15H12F2N4O2S/c1-24(22,23)14-4-8(7-18-20-14)15-19-12-5-10(16)11(17)6-13(12)21(15)9-2-3-9/h4-7,9H,2-3H2,1H3. The maximum atomic E-state index is 13.6. The topological polar surface area (TPSA) is 77.7 Å². The largest absolute Gasteiger partial charge is 0.321 e. The minimum Gasteiger partial charge on any atom is -0.321 e. The molecule has 1 aromatic carbocycles. The molecule has 1 aliphatic rings. The summed E-state index contributed by atoms with van der Waals surface area (Å²) in [4.78, 5) is 4.36. The van der Waals surface area contributed by atoms with Gasteiger partial charge in [0.15, 0.2) is 26.5 Å². The van der Waals surface area contributed by atoms with E-state index in [1.807, 2.05) is 0 Å². The van der Waals surface area contributed by atoms with E-state index in [4.69, 9.17) is 0 Å². The average molecular weight is 350 g/mol. The Morgan fingerprint density at radius 2 is 1.88 bits per heavy atom. The molecule has 0 bridgehead atoms. The molecule has 0 N–H and O–H groups in total. The minimum absolute atomic E-state index is 0.129. The second kappa shape index (κ2) is 5.04. The number of hydrogen-bond acceptors (Lipinski definition) is 5. The van der Waals surface area contributed by atoms with Crippen molar-refractivity contribution < 1.29 is 17.2 Å². The highest BCUT2D eigenvalue weighted by Gasteiger charge is 2.30. The highest BCUT2D eigenvalue weighted by molar-refractivity contribution is 7.90. The summed E-state index contributed by atoms with van der Waals surface area (Å²) in [7, 11) is -3.52. The van der Waals surface area contributed by atoms with E-state index in [9.17, 15) is 17.2 Å². The molecule has 0 saturated heterocycles. The summed E-state index contributed by atoms with van der Waals surface area (Å²) < 4.78 is 52.3. The number of aromatic nitrogens is 4. The van der Waals surface area contributed by atoms with Gasteiger partial charge >= 0.3 is 0 Å². The van der Waals surface area contributed by atoms with E-state index >= 15 is 0 Å². The van der Waals surface area contributed by atoms with Gasteiger partial charge in [-0.2, -0.15) is 5.10 Å². The fourth-order valence-electron chi connectivity index (χ4n) is 2.65. The number of rotatable bonds is 3. The first-order valence-electron chi connectivity index (χ1n) is 7.25. The second-order valence-corrected chi connectivity index (χ2v) is 7.81. The van der Waals surface area contributed by atoms with Crippen molar-refractivity contribution in [1.82, 2.24) is 19.7 Å². The normalized spacial score (nSPS) is 15.1. The lowest BCUT2D eigenvalue weighted by molar-refractivity contribution is 0.510. The molecule has 6 nitrogen and oxygen atoms in total. The van der Waals surface area contributed by atoms with E-state index in [-0.39, 0.29) is 11.1 Å². The van der Waals surface area contributed by atoms with Crippen molar-refractivity contribution in [1.29, 1.82) is 0 Å². The monoisotopic (exact) mass is 350 g/mol. The van der Waals surface area contributed by atoms with Crippen LogP contribution in [0.5, 0.6) is 0 Å². The Balaban J connectivity index is 1.99. The first-order valence-corrected chi connectivity index (χ1v) is 9.14. The van der Waals surface area contributed by atoms with Crippen LogP contribution in [0.1, 0.15) is 18.9 Å². The summed E-state index contributed by atoms with van der Waals surface area (Å²) in [5.41, 5.74) is 1.23. The van der Waals surface area contributed by atoms with Crippen LogP contribution in [0.15, 0.2) is 29.4 Å². The van der Waals surface area contributed by atoms with Gasteiger partial charge in [-0.3, -0.25) is 0 Å². The third-order valence-electron chi connectivity index (χ3n) is 3.91. The van der Waals surface area contributed by atoms with E-state index in [1.54, 1.807) is 4.57 Å². The number of fused-ring (bicyclic) bond motifs is 1. The first kappa shape index (κ1) is 15.1. The Hall–Kier alpha value is -2.42. The van der Waals surface area contributed by atoms with Gasteiger partial charge in [0.1, 0.15) is 5.82 Å². The molecule has 1 fully saturated rings. The molecule has 0 atom stereocenters. The van der Waals surface area contributed by atoms with Crippen LogP contribution >= 0.6 is 0 Å². The van der Waals surface area contributed by atoms with Crippen molar-refractivity contribution in [3.05, 3.63) is 36.0 Å². The van der Waals surface area contributed by atoms with Crippen molar-refractivity contribution in [2.24, 2.45) is 0 Å². The van der Waals surface area contributed by atoms with Gasteiger partial charge in [-0.15, -0.1) is 5.10 Å². The van der Waals surface area contributed by atoms with Crippen LogP contribution in [0.2, 0.25) is 0 Å². The summed E-state index contributed by atoms with van der Waals surface area (Å²) >= 11 is 0. The van der Waals surface area contributed by atoms with Gasteiger partial charge in [0, 0.05) is 30.0 Å². The average Bonchev–Trinajstić information content (AvgIpc) is 3.30. The van der Waals surface area contributed by atoms with Crippen LogP contribution in [0.3, 0.4) is 0 Å². The quantitative estimate of drug-likeness (QED) is 0.725. The third kappa shape index (κ3) is 2.44. The smallest absolute Gasteiger partial charge is 0.194 e. The Morgan fingerprint density at radius 3 is 2.54 bits per heavy atom. The highest BCUT2D eigenvalue weighted by atomic mass is 32.2. The fourth-order valence-corrected chi connectivity index (χ4v) is 3.18. The van der Waals surface area contributed by atoms with E-state index in [1.165, 1.54) is 12.3 Å². The number of nitrogens with zero attached hydrogens (tertiary/aromatic N) is 4. The summed E-state index contributed by atoms with van der Waals surface area (Å²) in [5, 5.41) is 7.16. The molecule has 24 heavy (non-hydrogen) atoms. The van der Waals surface area contributed by atoms with Crippen LogP contribution in [0.4, 0.5) is 8.78 Å². The van der Waals surface area contributed by atoms with Crippen molar-refractivity contribution in [2.75, 3.05) is 6.26 Å². The molecule has 1 aliphatic carbocycles. The van der Waals surface area contributed by atoms with Gasteiger partial charge in [-0.1, -0.05) is 0 Å². The summed E-state index contributed by atoms with van der Waals surface area (Å²) in [5.74, 6) is -1.49. The molecule has 4 rings (SSSR count). The Morgan fingerprint density at radius 1 is 1.17 bits per heavy atom. The molecule has 1 saturated carbocycles. The predicted molar refractivity (Wildman–Crippen MR) is 82.1 cm³/mol. The number of halogens is 2. The Kier molecular flexibility index (Phi) is 3.17. The van der Waals surface area contributed by atoms with Crippen molar-refractivity contribution in [3.8, 4) is 11.4 Å². The van der Waals surface area contributed by atoms with Gasteiger partial charge in [-0.25, -0.2) is 22.2 Å². The molecule has 0 aliphatic heterocycles.